The number of fused-ring (bicyclic) bond motifs is 1. The number of thioether (sulfide) groups is 3. The van der Waals surface area contributed by atoms with Crippen molar-refractivity contribution >= 4 is 56.9 Å². The van der Waals surface area contributed by atoms with E-state index in [2.05, 4.69) is 16.4 Å². The zero-order chi connectivity index (χ0) is 17.6. The van der Waals surface area contributed by atoms with Crippen LogP contribution in [0.2, 0.25) is 0 Å². The number of carbonyl (C=O) groups is 1. The third-order valence-electron chi connectivity index (χ3n) is 3.24. The van der Waals surface area contributed by atoms with E-state index in [0.717, 1.165) is 15.8 Å². The number of halogens is 2. The lowest BCUT2D eigenvalue weighted by atomic mass is 10.2. The Bertz CT molecular complexity index is 782. The van der Waals surface area contributed by atoms with Crippen molar-refractivity contribution in [3.8, 4) is 0 Å². The van der Waals surface area contributed by atoms with Gasteiger partial charge in [0, 0.05) is 16.3 Å². The van der Waals surface area contributed by atoms with Crippen molar-refractivity contribution in [3.63, 3.8) is 0 Å². The number of alkyl halides is 2. The van der Waals surface area contributed by atoms with Crippen LogP contribution in [0.3, 0.4) is 0 Å². The van der Waals surface area contributed by atoms with Gasteiger partial charge >= 0.3 is 0 Å². The van der Waals surface area contributed by atoms with Gasteiger partial charge in [-0.05, 0) is 35.9 Å². The second kappa shape index (κ2) is 8.73. The van der Waals surface area contributed by atoms with E-state index in [-0.39, 0.29) is 11.7 Å². The first-order valence-electron chi connectivity index (χ1n) is 7.37. The second-order valence-corrected chi connectivity index (χ2v) is 8.28. The molecular weight excluding hydrogens is 382 g/mol. The fourth-order valence-electron chi connectivity index (χ4n) is 2.13. The van der Waals surface area contributed by atoms with Crippen molar-refractivity contribution in [2.24, 2.45) is 4.99 Å². The van der Waals surface area contributed by atoms with Gasteiger partial charge in [-0.3, -0.25) is 4.79 Å². The molecule has 0 aliphatic carbocycles. The Kier molecular flexibility index (Phi) is 6.39. The lowest BCUT2D eigenvalue weighted by molar-refractivity contribution is -0.113. The molecule has 1 aliphatic heterocycles. The van der Waals surface area contributed by atoms with Crippen molar-refractivity contribution in [1.29, 1.82) is 0 Å². The first-order chi connectivity index (χ1) is 12.1. The Morgan fingerprint density at radius 3 is 2.72 bits per heavy atom. The fourth-order valence-corrected chi connectivity index (χ4v) is 4.49. The minimum atomic E-state index is -2.45. The van der Waals surface area contributed by atoms with Crippen LogP contribution in [0.5, 0.6) is 0 Å². The molecule has 3 rings (SSSR count). The van der Waals surface area contributed by atoms with Crippen LogP contribution in [0.1, 0.15) is 5.56 Å². The zero-order valence-corrected chi connectivity index (χ0v) is 15.4. The highest BCUT2D eigenvalue weighted by Gasteiger charge is 2.14. The van der Waals surface area contributed by atoms with E-state index in [1.807, 2.05) is 18.2 Å². The Labute approximate surface area is 157 Å². The maximum atomic E-state index is 12.3. The summed E-state index contributed by atoms with van der Waals surface area (Å²) in [5, 5.41) is 2.76. The summed E-state index contributed by atoms with van der Waals surface area (Å²) in [5.41, 5.74) is 2.74. The molecule has 0 atom stereocenters. The number of nitrogens with zero attached hydrogens (tertiary/aromatic N) is 1. The SMILES string of the molecule is O=C(CSC1=Nc2ccccc2CS1)Nc1ccc(SC(F)F)cc1. The Morgan fingerprint density at radius 2 is 1.96 bits per heavy atom. The van der Waals surface area contributed by atoms with Crippen molar-refractivity contribution < 1.29 is 13.6 Å². The number of rotatable bonds is 5. The lowest BCUT2D eigenvalue weighted by Crippen LogP contribution is -2.15. The van der Waals surface area contributed by atoms with Crippen molar-refractivity contribution in [1.82, 2.24) is 0 Å². The number of aliphatic imine (C=N–C) groups is 1. The molecule has 3 nitrogen and oxygen atoms in total. The Balaban J connectivity index is 1.51. The Morgan fingerprint density at radius 1 is 1.20 bits per heavy atom. The minimum Gasteiger partial charge on any atom is -0.325 e. The van der Waals surface area contributed by atoms with Gasteiger partial charge in [0.2, 0.25) is 5.91 Å². The highest BCUT2D eigenvalue weighted by Crippen LogP contribution is 2.34. The maximum Gasteiger partial charge on any atom is 0.288 e. The van der Waals surface area contributed by atoms with Gasteiger partial charge in [0.1, 0.15) is 4.38 Å². The van der Waals surface area contributed by atoms with Gasteiger partial charge in [-0.1, -0.05) is 53.5 Å². The molecule has 0 saturated carbocycles. The normalized spacial score (nSPS) is 13.3. The molecule has 2 aromatic rings. The summed E-state index contributed by atoms with van der Waals surface area (Å²) in [6.45, 7) is 0. The number of carbonyl (C=O) groups excluding carboxylic acids is 1. The van der Waals surface area contributed by atoms with Crippen LogP contribution in [-0.4, -0.2) is 21.8 Å². The van der Waals surface area contributed by atoms with Gasteiger partial charge in [0.05, 0.1) is 11.4 Å². The number of amides is 1. The monoisotopic (exact) mass is 396 g/mol. The highest BCUT2D eigenvalue weighted by atomic mass is 32.2. The zero-order valence-electron chi connectivity index (χ0n) is 12.9. The van der Waals surface area contributed by atoms with Crippen LogP contribution in [0.25, 0.3) is 0 Å². The molecule has 1 N–H and O–H groups in total. The van der Waals surface area contributed by atoms with Crippen LogP contribution in [0, 0.1) is 0 Å². The smallest absolute Gasteiger partial charge is 0.288 e. The van der Waals surface area contributed by atoms with Crippen molar-refractivity contribution in [2.45, 2.75) is 16.4 Å². The summed E-state index contributed by atoms with van der Waals surface area (Å²) in [6.07, 6.45) is 0. The van der Waals surface area contributed by atoms with Crippen LogP contribution in [-0.2, 0) is 10.5 Å². The summed E-state index contributed by atoms with van der Waals surface area (Å²) in [7, 11) is 0. The predicted molar refractivity (Wildman–Crippen MR) is 104 cm³/mol. The van der Waals surface area contributed by atoms with Gasteiger partial charge in [0.15, 0.2) is 0 Å². The van der Waals surface area contributed by atoms with E-state index in [0.29, 0.717) is 22.3 Å². The molecule has 130 valence electrons. The molecule has 0 aromatic heterocycles. The van der Waals surface area contributed by atoms with E-state index in [1.165, 1.54) is 17.3 Å². The van der Waals surface area contributed by atoms with Gasteiger partial charge in [-0.25, -0.2) is 4.99 Å². The topological polar surface area (TPSA) is 41.5 Å². The van der Waals surface area contributed by atoms with Gasteiger partial charge < -0.3 is 5.32 Å². The average molecular weight is 397 g/mol. The molecular formula is C17H14F2N2OS3. The molecule has 0 saturated heterocycles. The third kappa shape index (κ3) is 5.49. The number of anilines is 1. The van der Waals surface area contributed by atoms with Gasteiger partial charge in [-0.15, -0.1) is 0 Å². The largest absolute Gasteiger partial charge is 0.325 e. The number of hydrogen-bond donors (Lipinski definition) is 1. The van der Waals surface area contributed by atoms with Crippen molar-refractivity contribution in [2.75, 3.05) is 11.1 Å². The molecule has 1 amide bonds. The van der Waals surface area contributed by atoms with E-state index >= 15 is 0 Å². The van der Waals surface area contributed by atoms with Crippen LogP contribution >= 0.6 is 35.3 Å². The number of nitrogens with one attached hydrogen (secondary N) is 1. The molecule has 25 heavy (non-hydrogen) atoms. The van der Waals surface area contributed by atoms with E-state index in [9.17, 15) is 13.6 Å². The summed E-state index contributed by atoms with van der Waals surface area (Å²) in [4.78, 5) is 17.1. The number of para-hydroxylation sites is 1. The van der Waals surface area contributed by atoms with Crippen LogP contribution in [0.4, 0.5) is 20.2 Å². The summed E-state index contributed by atoms with van der Waals surface area (Å²) in [6, 6.07) is 14.3. The second-order valence-electron chi connectivity index (χ2n) is 5.03. The third-order valence-corrected chi connectivity index (χ3v) is 6.21. The standard InChI is InChI=1S/C17H14F2N2OS3/c18-16(19)25-13-7-5-12(6-8-13)20-15(22)10-24-17-21-14-4-2-1-3-11(14)9-23-17/h1-8,16H,9-10H2,(H,20,22). The van der Waals surface area contributed by atoms with E-state index < -0.39 is 5.76 Å². The Hall–Kier alpha value is -1.51. The maximum absolute atomic E-state index is 12.3. The number of benzene rings is 2. The molecule has 1 aliphatic rings. The molecule has 0 unspecified atom stereocenters. The minimum absolute atomic E-state index is 0.151. The highest BCUT2D eigenvalue weighted by molar-refractivity contribution is 8.38. The molecule has 0 fully saturated rings. The average Bonchev–Trinajstić information content (AvgIpc) is 2.61. The predicted octanol–water partition coefficient (Wildman–Crippen LogP) is 5.61. The molecule has 1 heterocycles. The van der Waals surface area contributed by atoms with Crippen LogP contribution < -0.4 is 5.32 Å². The summed E-state index contributed by atoms with van der Waals surface area (Å²) >= 11 is 3.50. The lowest BCUT2D eigenvalue weighted by Gasteiger charge is -2.14. The summed E-state index contributed by atoms with van der Waals surface area (Å²) in [5.74, 6) is -1.49. The quantitative estimate of drug-likeness (QED) is 0.667. The molecule has 0 spiro atoms. The molecule has 8 heteroatoms. The van der Waals surface area contributed by atoms with Gasteiger partial charge in [0.25, 0.3) is 5.76 Å². The fraction of sp³-hybridized carbons (Fsp3) is 0.176. The van der Waals surface area contributed by atoms with Crippen LogP contribution in [0.15, 0.2) is 58.4 Å². The van der Waals surface area contributed by atoms with Crippen molar-refractivity contribution in [3.05, 3.63) is 54.1 Å². The first-order valence-corrected chi connectivity index (χ1v) is 10.2. The molecule has 0 bridgehead atoms. The summed E-state index contributed by atoms with van der Waals surface area (Å²) < 4.78 is 25.4. The van der Waals surface area contributed by atoms with E-state index in [4.69, 9.17) is 0 Å². The first kappa shape index (κ1) is 18.3. The van der Waals surface area contributed by atoms with Gasteiger partial charge in [-0.2, -0.15) is 8.78 Å². The number of hydrogen-bond acceptors (Lipinski definition) is 5. The van der Waals surface area contributed by atoms with E-state index in [1.54, 1.807) is 36.0 Å². The molecule has 2 aromatic carbocycles. The molecule has 0 radical (unpaired) electrons.